The molecule has 1 saturated heterocycles. The molecule has 0 spiro atoms. The molecule has 1 N–H and O–H groups in total. The lowest BCUT2D eigenvalue weighted by Gasteiger charge is -2.34. The van der Waals surface area contributed by atoms with Crippen LogP contribution in [0.25, 0.3) is 0 Å². The Hall–Kier alpha value is -1.55. The first-order valence-corrected chi connectivity index (χ1v) is 7.55. The number of benzene rings is 1. The van der Waals surface area contributed by atoms with Gasteiger partial charge < -0.3 is 14.8 Å². The molecule has 1 aromatic carbocycles. The first-order chi connectivity index (χ1) is 10.0. The van der Waals surface area contributed by atoms with Crippen LogP contribution in [0, 0.1) is 5.92 Å². The summed E-state index contributed by atoms with van der Waals surface area (Å²) in [7, 11) is 1.67. The van der Waals surface area contributed by atoms with Crippen molar-refractivity contribution < 1.29 is 14.3 Å². The minimum atomic E-state index is -0.192. The summed E-state index contributed by atoms with van der Waals surface area (Å²) in [6, 6.07) is 7.91. The van der Waals surface area contributed by atoms with Crippen LogP contribution in [0.2, 0.25) is 0 Å². The average molecular weight is 291 g/mol. The number of para-hydroxylation sites is 1. The molecule has 2 rings (SSSR count). The first-order valence-electron chi connectivity index (χ1n) is 7.55. The zero-order chi connectivity index (χ0) is 15.3. The molecule has 1 atom stereocenters. The van der Waals surface area contributed by atoms with Crippen molar-refractivity contribution >= 4 is 5.91 Å². The fourth-order valence-electron chi connectivity index (χ4n) is 2.83. The number of hydrogen-bond donors (Lipinski definition) is 1. The predicted octanol–water partition coefficient (Wildman–Crippen LogP) is 2.56. The molecule has 0 radical (unpaired) electrons. The molecule has 1 aliphatic heterocycles. The van der Waals surface area contributed by atoms with Gasteiger partial charge in [-0.15, -0.1) is 0 Å². The minimum absolute atomic E-state index is 0.0615. The lowest BCUT2D eigenvalue weighted by atomic mass is 9.88. The maximum Gasteiger partial charge on any atom is 0.223 e. The Morgan fingerprint density at radius 3 is 2.90 bits per heavy atom. The number of methoxy groups -OCH3 is 1. The van der Waals surface area contributed by atoms with E-state index in [2.05, 4.69) is 5.32 Å². The summed E-state index contributed by atoms with van der Waals surface area (Å²) in [6.07, 6.45) is 2.37. The summed E-state index contributed by atoms with van der Waals surface area (Å²) in [5, 5.41) is 3.04. The molecule has 1 aromatic rings. The predicted molar refractivity (Wildman–Crippen MR) is 82.5 cm³/mol. The second-order valence-electron chi connectivity index (χ2n) is 6.15. The van der Waals surface area contributed by atoms with Gasteiger partial charge in [0, 0.05) is 19.1 Å². The molecule has 0 aliphatic carbocycles. The standard InChI is InChI=1S/C17H25NO3/c1-17(2)12-14(9-11-21-17)16(19)18-10-8-13-6-4-5-7-15(13)20-3/h4-7,14H,8-12H2,1-3H3,(H,18,19)/t14-/m1/s1. The van der Waals surface area contributed by atoms with Crippen molar-refractivity contribution in [2.45, 2.75) is 38.7 Å². The van der Waals surface area contributed by atoms with Crippen LogP contribution in [0.1, 0.15) is 32.3 Å². The van der Waals surface area contributed by atoms with Gasteiger partial charge in [0.2, 0.25) is 5.91 Å². The molecule has 0 aromatic heterocycles. The van der Waals surface area contributed by atoms with Gasteiger partial charge in [0.15, 0.2) is 0 Å². The molecule has 0 bridgehead atoms. The van der Waals surface area contributed by atoms with E-state index >= 15 is 0 Å². The largest absolute Gasteiger partial charge is 0.496 e. The van der Waals surface area contributed by atoms with Gasteiger partial charge in [-0.1, -0.05) is 18.2 Å². The zero-order valence-corrected chi connectivity index (χ0v) is 13.1. The van der Waals surface area contributed by atoms with E-state index in [1.54, 1.807) is 7.11 Å². The zero-order valence-electron chi connectivity index (χ0n) is 13.1. The van der Waals surface area contributed by atoms with Gasteiger partial charge in [-0.2, -0.15) is 0 Å². The first kappa shape index (κ1) is 15.8. The Morgan fingerprint density at radius 1 is 1.43 bits per heavy atom. The van der Waals surface area contributed by atoms with E-state index < -0.39 is 0 Å². The van der Waals surface area contributed by atoms with Gasteiger partial charge in [-0.05, 0) is 44.7 Å². The van der Waals surface area contributed by atoms with Gasteiger partial charge in [0.05, 0.1) is 12.7 Å². The highest BCUT2D eigenvalue weighted by molar-refractivity contribution is 5.78. The molecule has 0 unspecified atom stereocenters. The Balaban J connectivity index is 1.81. The molecule has 4 nitrogen and oxygen atoms in total. The van der Waals surface area contributed by atoms with E-state index in [1.807, 2.05) is 38.1 Å². The van der Waals surface area contributed by atoms with Gasteiger partial charge in [0.1, 0.15) is 5.75 Å². The minimum Gasteiger partial charge on any atom is -0.496 e. The lowest BCUT2D eigenvalue weighted by molar-refractivity contribution is -0.135. The number of ether oxygens (including phenoxy) is 2. The van der Waals surface area contributed by atoms with E-state index in [0.717, 1.165) is 30.6 Å². The van der Waals surface area contributed by atoms with Crippen LogP contribution in [0.15, 0.2) is 24.3 Å². The number of nitrogens with one attached hydrogen (secondary N) is 1. The molecular weight excluding hydrogens is 266 g/mol. The molecule has 116 valence electrons. The van der Waals surface area contributed by atoms with Crippen LogP contribution in [0.5, 0.6) is 5.75 Å². The maximum absolute atomic E-state index is 12.2. The maximum atomic E-state index is 12.2. The highest BCUT2D eigenvalue weighted by Crippen LogP contribution is 2.28. The quantitative estimate of drug-likeness (QED) is 0.907. The third kappa shape index (κ3) is 4.46. The topological polar surface area (TPSA) is 47.6 Å². The van der Waals surface area contributed by atoms with E-state index in [0.29, 0.717) is 13.2 Å². The molecule has 0 saturated carbocycles. The van der Waals surface area contributed by atoms with E-state index in [9.17, 15) is 4.79 Å². The Kier molecular flexibility index (Phi) is 5.23. The Morgan fingerprint density at radius 2 is 2.19 bits per heavy atom. The summed E-state index contributed by atoms with van der Waals surface area (Å²) in [5.74, 6) is 1.08. The molecular formula is C17H25NO3. The van der Waals surface area contributed by atoms with Crippen molar-refractivity contribution in [3.05, 3.63) is 29.8 Å². The van der Waals surface area contributed by atoms with Crippen molar-refractivity contribution in [2.24, 2.45) is 5.92 Å². The highest BCUT2D eigenvalue weighted by atomic mass is 16.5. The summed E-state index contributed by atoms with van der Waals surface area (Å²) in [6.45, 7) is 5.39. The van der Waals surface area contributed by atoms with Crippen LogP contribution < -0.4 is 10.1 Å². The SMILES string of the molecule is COc1ccccc1CCNC(=O)[C@@H]1CCOC(C)(C)C1. The fourth-order valence-corrected chi connectivity index (χ4v) is 2.83. The normalized spacial score (nSPS) is 20.8. The smallest absolute Gasteiger partial charge is 0.223 e. The molecule has 1 aliphatic rings. The van der Waals surface area contributed by atoms with E-state index in [4.69, 9.17) is 9.47 Å². The van der Waals surface area contributed by atoms with Crippen molar-refractivity contribution in [3.63, 3.8) is 0 Å². The van der Waals surface area contributed by atoms with Crippen LogP contribution in [0.3, 0.4) is 0 Å². The molecule has 1 fully saturated rings. The van der Waals surface area contributed by atoms with Crippen molar-refractivity contribution in [1.29, 1.82) is 0 Å². The number of hydrogen-bond acceptors (Lipinski definition) is 3. The molecule has 1 amide bonds. The van der Waals surface area contributed by atoms with E-state index in [-0.39, 0.29) is 17.4 Å². The number of carbonyl (C=O) groups is 1. The third-order valence-corrected chi connectivity index (χ3v) is 3.95. The fraction of sp³-hybridized carbons (Fsp3) is 0.588. The number of rotatable bonds is 5. The highest BCUT2D eigenvalue weighted by Gasteiger charge is 2.32. The van der Waals surface area contributed by atoms with Crippen LogP contribution in [-0.4, -0.2) is 31.8 Å². The second-order valence-corrected chi connectivity index (χ2v) is 6.15. The van der Waals surface area contributed by atoms with Crippen molar-refractivity contribution in [1.82, 2.24) is 5.32 Å². The lowest BCUT2D eigenvalue weighted by Crippen LogP contribution is -2.41. The Bertz CT molecular complexity index is 485. The van der Waals surface area contributed by atoms with Crippen molar-refractivity contribution in [2.75, 3.05) is 20.3 Å². The van der Waals surface area contributed by atoms with Crippen LogP contribution >= 0.6 is 0 Å². The van der Waals surface area contributed by atoms with Crippen LogP contribution in [-0.2, 0) is 16.0 Å². The second kappa shape index (κ2) is 6.94. The molecule has 4 heteroatoms. The van der Waals surface area contributed by atoms with Gasteiger partial charge >= 0.3 is 0 Å². The van der Waals surface area contributed by atoms with Crippen LogP contribution in [0.4, 0.5) is 0 Å². The monoisotopic (exact) mass is 291 g/mol. The average Bonchev–Trinajstić information content (AvgIpc) is 2.46. The van der Waals surface area contributed by atoms with E-state index in [1.165, 1.54) is 0 Å². The molecule has 1 heterocycles. The summed E-state index contributed by atoms with van der Waals surface area (Å²) in [5.41, 5.74) is 0.927. The number of carbonyl (C=O) groups excluding carboxylic acids is 1. The summed E-state index contributed by atoms with van der Waals surface area (Å²) >= 11 is 0. The van der Waals surface area contributed by atoms with Gasteiger partial charge in [0.25, 0.3) is 0 Å². The molecule has 21 heavy (non-hydrogen) atoms. The summed E-state index contributed by atoms with van der Waals surface area (Å²) < 4.78 is 11.0. The Labute approximate surface area is 126 Å². The van der Waals surface area contributed by atoms with Gasteiger partial charge in [-0.3, -0.25) is 4.79 Å². The van der Waals surface area contributed by atoms with Gasteiger partial charge in [-0.25, -0.2) is 0 Å². The number of amides is 1. The third-order valence-electron chi connectivity index (χ3n) is 3.95. The summed E-state index contributed by atoms with van der Waals surface area (Å²) in [4.78, 5) is 12.2. The van der Waals surface area contributed by atoms with Crippen molar-refractivity contribution in [3.8, 4) is 5.75 Å².